The lowest BCUT2D eigenvalue weighted by atomic mass is 10.2. The van der Waals surface area contributed by atoms with E-state index in [4.69, 9.17) is 9.47 Å². The number of nitrogens with zero attached hydrogens (tertiary/aromatic N) is 4. The third kappa shape index (κ3) is 6.26. The molecule has 170 valence electrons. The molecule has 0 unspecified atom stereocenters. The molecule has 2 aliphatic rings. The lowest BCUT2D eigenvalue weighted by molar-refractivity contribution is -0.139. The van der Waals surface area contributed by atoms with Gasteiger partial charge in [0.05, 0.1) is 25.5 Å². The summed E-state index contributed by atoms with van der Waals surface area (Å²) in [5, 5.41) is 0. The summed E-state index contributed by atoms with van der Waals surface area (Å²) in [6, 6.07) is 7.71. The number of hydrogen-bond donors (Lipinski definition) is 0. The van der Waals surface area contributed by atoms with E-state index in [0.29, 0.717) is 38.6 Å². The molecular weight excluding hydrogens is 408 g/mol. The fraction of sp³-hybridized carbons (Fsp3) is 0.500. The minimum absolute atomic E-state index is 0.0621. The average Bonchev–Trinajstić information content (AvgIpc) is 3.66. The van der Waals surface area contributed by atoms with Gasteiger partial charge in [0.25, 0.3) is 0 Å². The van der Waals surface area contributed by atoms with Gasteiger partial charge in [-0.05, 0) is 42.9 Å². The summed E-state index contributed by atoms with van der Waals surface area (Å²) in [6.45, 7) is 2.10. The lowest BCUT2D eigenvalue weighted by Gasteiger charge is -2.25. The van der Waals surface area contributed by atoms with E-state index in [-0.39, 0.29) is 30.9 Å². The van der Waals surface area contributed by atoms with Gasteiger partial charge in [0.2, 0.25) is 11.8 Å². The highest BCUT2D eigenvalue weighted by atomic mass is 16.5. The standard InChI is InChI=1S/C24H30N4O4/c1-31-21-4-2-3-19(11-21)13-27-14-22(32-17-18-5-6-18)15-28(16-24(27)30)23(29)8-7-20-12-25-9-10-26-20/h2-4,9-12,18,22H,5-8,13-17H2,1H3/t22-/m1/s1. The first-order chi connectivity index (χ1) is 15.6. The Labute approximate surface area is 188 Å². The normalized spacial score (nSPS) is 19.0. The number of ether oxygens (including phenoxy) is 2. The second-order valence-electron chi connectivity index (χ2n) is 8.50. The van der Waals surface area contributed by atoms with Crippen molar-refractivity contribution < 1.29 is 19.1 Å². The maximum atomic E-state index is 13.1. The van der Waals surface area contributed by atoms with E-state index in [1.807, 2.05) is 24.3 Å². The highest BCUT2D eigenvalue weighted by Gasteiger charge is 2.32. The first-order valence-electron chi connectivity index (χ1n) is 11.2. The van der Waals surface area contributed by atoms with Crippen molar-refractivity contribution in [3.8, 4) is 5.75 Å². The number of carbonyl (C=O) groups is 2. The average molecular weight is 439 g/mol. The maximum absolute atomic E-state index is 13.1. The molecule has 1 aromatic carbocycles. The molecule has 1 aromatic heterocycles. The van der Waals surface area contributed by atoms with Gasteiger partial charge in [-0.1, -0.05) is 12.1 Å². The summed E-state index contributed by atoms with van der Waals surface area (Å²) in [6.07, 6.45) is 7.87. The maximum Gasteiger partial charge on any atom is 0.242 e. The van der Waals surface area contributed by atoms with Crippen molar-refractivity contribution in [3.05, 3.63) is 54.1 Å². The van der Waals surface area contributed by atoms with E-state index < -0.39 is 0 Å². The number of rotatable bonds is 9. The van der Waals surface area contributed by atoms with Crippen LogP contribution in [0.15, 0.2) is 42.9 Å². The molecule has 8 nitrogen and oxygen atoms in total. The van der Waals surface area contributed by atoms with Crippen molar-refractivity contribution in [2.24, 2.45) is 5.92 Å². The lowest BCUT2D eigenvalue weighted by Crippen LogP contribution is -2.40. The van der Waals surface area contributed by atoms with Crippen LogP contribution in [-0.2, 0) is 27.3 Å². The van der Waals surface area contributed by atoms with Gasteiger partial charge in [-0.15, -0.1) is 0 Å². The minimum Gasteiger partial charge on any atom is -0.497 e. The number of amides is 2. The number of benzene rings is 1. The Hall–Kier alpha value is -3.00. The molecule has 1 aliphatic heterocycles. The molecule has 0 spiro atoms. The van der Waals surface area contributed by atoms with Gasteiger partial charge >= 0.3 is 0 Å². The SMILES string of the molecule is COc1cccc(CN2C[C@@H](OCC3CC3)CN(C(=O)CCc3cnccn3)CC2=O)c1. The third-order valence-corrected chi connectivity index (χ3v) is 5.86. The first kappa shape index (κ1) is 22.2. The monoisotopic (exact) mass is 438 g/mol. The molecule has 1 saturated heterocycles. The van der Waals surface area contributed by atoms with Crippen LogP contribution < -0.4 is 4.74 Å². The highest BCUT2D eigenvalue weighted by molar-refractivity contribution is 5.85. The molecule has 0 N–H and O–H groups in total. The molecule has 0 bridgehead atoms. The van der Waals surface area contributed by atoms with Gasteiger partial charge in [0, 0.05) is 51.3 Å². The summed E-state index contributed by atoms with van der Waals surface area (Å²) < 4.78 is 11.5. The summed E-state index contributed by atoms with van der Waals surface area (Å²) in [4.78, 5) is 37.7. The number of aryl methyl sites for hydroxylation is 1. The Kier molecular flexibility index (Phi) is 7.32. The van der Waals surface area contributed by atoms with Gasteiger partial charge in [-0.3, -0.25) is 19.6 Å². The molecule has 4 rings (SSSR count). The molecule has 1 atom stereocenters. The largest absolute Gasteiger partial charge is 0.497 e. The Balaban J connectivity index is 1.43. The minimum atomic E-state index is -0.201. The van der Waals surface area contributed by atoms with Crippen LogP contribution in [0, 0.1) is 5.92 Å². The number of hydrogen-bond acceptors (Lipinski definition) is 6. The van der Waals surface area contributed by atoms with Crippen molar-refractivity contribution >= 4 is 11.8 Å². The van der Waals surface area contributed by atoms with Crippen molar-refractivity contribution in [3.63, 3.8) is 0 Å². The molecular formula is C24H30N4O4. The summed E-state index contributed by atoms with van der Waals surface area (Å²) >= 11 is 0. The fourth-order valence-electron chi connectivity index (χ4n) is 3.83. The third-order valence-electron chi connectivity index (χ3n) is 5.86. The second-order valence-corrected chi connectivity index (χ2v) is 8.50. The van der Waals surface area contributed by atoms with Crippen LogP contribution in [-0.4, -0.2) is 71.0 Å². The predicted octanol–water partition coefficient (Wildman–Crippen LogP) is 2.08. The molecule has 32 heavy (non-hydrogen) atoms. The van der Waals surface area contributed by atoms with Crippen LogP contribution in [0.4, 0.5) is 0 Å². The molecule has 1 aliphatic carbocycles. The van der Waals surface area contributed by atoms with E-state index in [2.05, 4.69) is 9.97 Å². The summed E-state index contributed by atoms with van der Waals surface area (Å²) in [7, 11) is 1.63. The zero-order valence-corrected chi connectivity index (χ0v) is 18.5. The zero-order valence-electron chi connectivity index (χ0n) is 18.5. The van der Waals surface area contributed by atoms with E-state index in [1.54, 1.807) is 35.5 Å². The number of aromatic nitrogens is 2. The van der Waals surface area contributed by atoms with Crippen molar-refractivity contribution in [2.45, 2.75) is 38.3 Å². The Bertz CT molecular complexity index is 919. The predicted molar refractivity (Wildman–Crippen MR) is 118 cm³/mol. The van der Waals surface area contributed by atoms with Gasteiger partial charge in [-0.25, -0.2) is 0 Å². The second kappa shape index (κ2) is 10.5. The molecule has 2 amide bonds. The Morgan fingerprint density at radius 1 is 1.22 bits per heavy atom. The first-order valence-corrected chi connectivity index (χ1v) is 11.2. The van der Waals surface area contributed by atoms with Crippen LogP contribution in [0.25, 0.3) is 0 Å². The molecule has 2 heterocycles. The van der Waals surface area contributed by atoms with E-state index in [0.717, 1.165) is 17.0 Å². The van der Waals surface area contributed by atoms with Crippen LogP contribution in [0.3, 0.4) is 0 Å². The van der Waals surface area contributed by atoms with E-state index in [1.165, 1.54) is 12.8 Å². The molecule has 0 radical (unpaired) electrons. The summed E-state index contributed by atoms with van der Waals surface area (Å²) in [5.41, 5.74) is 1.75. The van der Waals surface area contributed by atoms with Crippen LogP contribution >= 0.6 is 0 Å². The molecule has 1 saturated carbocycles. The number of methoxy groups -OCH3 is 1. The van der Waals surface area contributed by atoms with Crippen LogP contribution in [0.5, 0.6) is 5.75 Å². The quantitative estimate of drug-likeness (QED) is 0.596. The van der Waals surface area contributed by atoms with Crippen molar-refractivity contribution in [1.82, 2.24) is 19.8 Å². The smallest absolute Gasteiger partial charge is 0.242 e. The van der Waals surface area contributed by atoms with E-state index >= 15 is 0 Å². The van der Waals surface area contributed by atoms with Crippen LogP contribution in [0.1, 0.15) is 30.5 Å². The zero-order chi connectivity index (χ0) is 22.3. The van der Waals surface area contributed by atoms with Gasteiger partial charge in [0.15, 0.2) is 0 Å². The van der Waals surface area contributed by atoms with E-state index in [9.17, 15) is 9.59 Å². The van der Waals surface area contributed by atoms with Gasteiger partial charge < -0.3 is 19.3 Å². The molecule has 2 aromatic rings. The molecule has 8 heteroatoms. The Morgan fingerprint density at radius 3 is 2.84 bits per heavy atom. The number of carbonyl (C=O) groups excluding carboxylic acids is 2. The summed E-state index contributed by atoms with van der Waals surface area (Å²) in [5.74, 6) is 1.24. The fourth-order valence-corrected chi connectivity index (χ4v) is 3.83. The van der Waals surface area contributed by atoms with Gasteiger partial charge in [-0.2, -0.15) is 0 Å². The van der Waals surface area contributed by atoms with Gasteiger partial charge in [0.1, 0.15) is 5.75 Å². The van der Waals surface area contributed by atoms with Crippen molar-refractivity contribution in [1.29, 1.82) is 0 Å². The highest BCUT2D eigenvalue weighted by Crippen LogP contribution is 2.29. The van der Waals surface area contributed by atoms with Crippen molar-refractivity contribution in [2.75, 3.05) is 33.4 Å². The topological polar surface area (TPSA) is 84.9 Å². The van der Waals surface area contributed by atoms with Crippen LogP contribution in [0.2, 0.25) is 0 Å². The Morgan fingerprint density at radius 2 is 2.09 bits per heavy atom. The molecule has 2 fully saturated rings.